The summed E-state index contributed by atoms with van der Waals surface area (Å²) >= 11 is 0. The van der Waals surface area contributed by atoms with Crippen molar-refractivity contribution < 1.29 is 86.2 Å². The van der Waals surface area contributed by atoms with Gasteiger partial charge in [0.1, 0.15) is 5.60 Å². The first-order valence-electron chi connectivity index (χ1n) is 6.22. The molecule has 0 atom stereocenters. The fraction of sp³-hybridized carbons (Fsp3) is 0.750. The number of hydrogen-bond acceptors (Lipinski definition) is 6. The van der Waals surface area contributed by atoms with E-state index in [1.807, 2.05) is 0 Å². The second kappa shape index (κ2) is 13.6. The van der Waals surface area contributed by atoms with Gasteiger partial charge in [0.25, 0.3) is 0 Å². The van der Waals surface area contributed by atoms with E-state index in [-0.39, 0.29) is 51.4 Å². The Labute approximate surface area is 166 Å². The summed E-state index contributed by atoms with van der Waals surface area (Å²) in [6.07, 6.45) is -2.41. The van der Waals surface area contributed by atoms with Crippen molar-refractivity contribution in [3.63, 3.8) is 0 Å². The van der Waals surface area contributed by atoms with Gasteiger partial charge in [-0.05, 0) is 19.6 Å². The van der Waals surface area contributed by atoms with Crippen molar-refractivity contribution in [2.75, 3.05) is 19.6 Å². The zero-order chi connectivity index (χ0) is 16.3. The smallest absolute Gasteiger partial charge is 0.547 e. The first-order chi connectivity index (χ1) is 9.12. The summed E-state index contributed by atoms with van der Waals surface area (Å²) in [5, 5.41) is 35.5. The maximum Gasteiger partial charge on any atom is 1.00 e. The monoisotopic (exact) mass is 331 g/mol. The van der Waals surface area contributed by atoms with Crippen LogP contribution in [0.4, 0.5) is 0 Å². The molecule has 0 aromatic heterocycles. The van der Waals surface area contributed by atoms with Crippen molar-refractivity contribution in [2.24, 2.45) is 0 Å². The summed E-state index contributed by atoms with van der Waals surface area (Å²) in [6.45, 7) is 10.1. The van der Waals surface area contributed by atoms with E-state index in [0.717, 1.165) is 0 Å². The van der Waals surface area contributed by atoms with E-state index in [0.29, 0.717) is 0 Å². The third-order valence-electron chi connectivity index (χ3n) is 2.61. The fourth-order valence-corrected chi connectivity index (χ4v) is 1.38. The first-order valence-corrected chi connectivity index (χ1v) is 6.22. The molecule has 9 heteroatoms. The quantitative estimate of drug-likeness (QED) is 0.380. The molecule has 8 nitrogen and oxygen atoms in total. The maximum absolute atomic E-state index is 10.2. The van der Waals surface area contributed by atoms with Crippen LogP contribution in [0.1, 0.15) is 33.6 Å². The number of aliphatic hydroxyl groups is 1. The Bertz CT molecular complexity index is 310. The topological polar surface area (TPSA) is 138 Å². The van der Waals surface area contributed by atoms with Crippen LogP contribution in [0.2, 0.25) is 0 Å². The van der Waals surface area contributed by atoms with Crippen LogP contribution in [-0.4, -0.2) is 63.4 Å². The molecule has 0 aliphatic carbocycles. The van der Waals surface area contributed by atoms with Gasteiger partial charge in [-0.15, -0.1) is 0 Å². The number of hydrogen-bond donors (Lipinski definition) is 3. The van der Waals surface area contributed by atoms with Gasteiger partial charge in [0.05, 0.1) is 18.8 Å². The van der Waals surface area contributed by atoms with Gasteiger partial charge in [-0.2, -0.15) is 0 Å². The Morgan fingerprint density at radius 1 is 0.952 bits per heavy atom. The zero-order valence-electron chi connectivity index (χ0n) is 13.0. The molecule has 0 heterocycles. The number of carbonyl (C=O) groups excluding carboxylic acids is 1. The predicted molar refractivity (Wildman–Crippen MR) is 67.9 cm³/mol. The van der Waals surface area contributed by atoms with E-state index >= 15 is 0 Å². The zero-order valence-corrected chi connectivity index (χ0v) is 16.1. The van der Waals surface area contributed by atoms with Gasteiger partial charge in [0, 0.05) is 0 Å². The number of aliphatic carboxylic acids is 3. The van der Waals surface area contributed by atoms with Crippen LogP contribution in [0.3, 0.4) is 0 Å². The van der Waals surface area contributed by atoms with Crippen molar-refractivity contribution in [3.05, 3.63) is 0 Å². The number of rotatable bonds is 8. The molecule has 0 aromatic rings. The summed E-state index contributed by atoms with van der Waals surface area (Å²) in [6, 6.07) is 0. The summed E-state index contributed by atoms with van der Waals surface area (Å²) in [7, 11) is 0. The molecule has 0 rings (SSSR count). The Morgan fingerprint density at radius 2 is 1.24 bits per heavy atom. The van der Waals surface area contributed by atoms with Gasteiger partial charge in [-0.25, -0.2) is 0 Å². The maximum atomic E-state index is 10.2. The Morgan fingerprint density at radius 3 is 1.33 bits per heavy atom. The summed E-state index contributed by atoms with van der Waals surface area (Å²) in [5.74, 6) is -5.35. The molecule has 21 heavy (non-hydrogen) atoms. The van der Waals surface area contributed by atoms with Crippen LogP contribution in [-0.2, 0) is 14.4 Å². The van der Waals surface area contributed by atoms with Gasteiger partial charge in [0.15, 0.2) is 0 Å². The minimum atomic E-state index is -2.85. The van der Waals surface area contributed by atoms with Crippen molar-refractivity contribution in [2.45, 2.75) is 39.2 Å². The summed E-state index contributed by atoms with van der Waals surface area (Å²) in [5.41, 5.74) is -2.85. The van der Waals surface area contributed by atoms with Gasteiger partial charge in [0.2, 0.25) is 0 Å². The first kappa shape index (κ1) is 25.9. The molecule has 3 N–H and O–H groups in total. The van der Waals surface area contributed by atoms with Crippen LogP contribution in [0.15, 0.2) is 0 Å². The number of carbonyl (C=O) groups is 3. The van der Waals surface area contributed by atoms with Crippen molar-refractivity contribution in [1.82, 2.24) is 4.90 Å². The fourth-order valence-electron chi connectivity index (χ4n) is 1.38. The van der Waals surface area contributed by atoms with Gasteiger partial charge < -0.3 is 30.1 Å². The number of nitrogens with zero attached hydrogens (tertiary/aromatic N) is 1. The summed E-state index contributed by atoms with van der Waals surface area (Å²) in [4.78, 5) is 32.7. The largest absolute Gasteiger partial charge is 1.00 e. The Kier molecular flexibility index (Phi) is 16.8. The van der Waals surface area contributed by atoms with Gasteiger partial charge in [-0.3, -0.25) is 9.59 Å². The standard InChI is InChI=1S/C6H15N.C6H8O7.K/c1-4-7(5-2)6-3;7-3(8)1-6(13,5(11)12)2-4(9)10;/h4-6H2,1-3H3;13H,1-2H2,(H,7,8)(H,9,10)(H,11,12);/q;;+1/p-1. The Balaban J connectivity index is -0.000000347. The predicted octanol–water partition coefficient (Wildman–Crippen LogP) is -4.23. The van der Waals surface area contributed by atoms with E-state index in [2.05, 4.69) is 25.7 Å². The molecule has 0 bridgehead atoms. The molecule has 0 unspecified atom stereocenters. The normalized spacial score (nSPS) is 10.1. The number of carboxylic acid groups (broad SMARTS) is 3. The van der Waals surface area contributed by atoms with E-state index in [1.165, 1.54) is 19.6 Å². The van der Waals surface area contributed by atoms with Crippen molar-refractivity contribution in [1.29, 1.82) is 0 Å². The molecule has 0 radical (unpaired) electrons. The third-order valence-corrected chi connectivity index (χ3v) is 2.61. The van der Waals surface area contributed by atoms with Crippen LogP contribution in [0.5, 0.6) is 0 Å². The molecular weight excluding hydrogens is 309 g/mol. The number of carboxylic acids is 3. The molecule has 0 saturated carbocycles. The SMILES string of the molecule is CCN(CC)CC.O=C(O)CC(O)(CC(=O)O)C(=O)[O-].[K+]. The molecule has 0 aromatic carbocycles. The average molecular weight is 331 g/mol. The molecule has 0 aliphatic rings. The second-order valence-corrected chi connectivity index (χ2v) is 4.08. The van der Waals surface area contributed by atoms with E-state index in [1.54, 1.807) is 0 Å². The van der Waals surface area contributed by atoms with Gasteiger partial charge in [-0.1, -0.05) is 20.8 Å². The van der Waals surface area contributed by atoms with E-state index in [4.69, 9.17) is 15.3 Å². The third kappa shape index (κ3) is 13.4. The molecule has 0 aliphatic heterocycles. The molecule has 0 amide bonds. The minimum Gasteiger partial charge on any atom is -0.547 e. The van der Waals surface area contributed by atoms with Crippen LogP contribution >= 0.6 is 0 Å². The van der Waals surface area contributed by atoms with Crippen LogP contribution in [0, 0.1) is 0 Å². The minimum absolute atomic E-state index is 0. The van der Waals surface area contributed by atoms with E-state index < -0.39 is 36.4 Å². The summed E-state index contributed by atoms with van der Waals surface area (Å²) < 4.78 is 0. The van der Waals surface area contributed by atoms with Crippen LogP contribution < -0.4 is 56.5 Å². The average Bonchev–Trinajstić information content (AvgIpc) is 2.29. The molecule has 0 spiro atoms. The van der Waals surface area contributed by atoms with Crippen LogP contribution in [0.25, 0.3) is 0 Å². The van der Waals surface area contributed by atoms with Crippen molar-refractivity contribution >= 4 is 17.9 Å². The van der Waals surface area contributed by atoms with Crippen molar-refractivity contribution in [3.8, 4) is 0 Å². The van der Waals surface area contributed by atoms with Gasteiger partial charge >= 0.3 is 63.3 Å². The molecule has 0 saturated heterocycles. The molecule has 118 valence electrons. The Hall–Kier alpha value is -0.0336. The molecule has 0 fully saturated rings. The second-order valence-electron chi connectivity index (χ2n) is 4.08. The van der Waals surface area contributed by atoms with E-state index in [9.17, 15) is 19.5 Å². The molecular formula is C12H22KNO7.